The number of halogens is 1. The van der Waals surface area contributed by atoms with E-state index in [-0.39, 0.29) is 12.1 Å². The monoisotopic (exact) mass is 403 g/mol. The fourth-order valence-electron chi connectivity index (χ4n) is 3.34. The summed E-state index contributed by atoms with van der Waals surface area (Å²) < 4.78 is 6.34. The molecule has 2 aliphatic heterocycles. The minimum Gasteiger partial charge on any atom is -0.496 e. The topological polar surface area (TPSA) is 37.7 Å². The Bertz CT molecular complexity index is 783. The molecule has 2 aromatic rings. The molecule has 0 saturated carbocycles. The highest BCUT2D eigenvalue weighted by atomic mass is 79.9. The van der Waals surface area contributed by atoms with E-state index in [1.165, 1.54) is 5.56 Å². The van der Waals surface area contributed by atoms with Crippen molar-refractivity contribution < 1.29 is 4.74 Å². The van der Waals surface area contributed by atoms with Crippen LogP contribution in [0.1, 0.15) is 30.3 Å². The summed E-state index contributed by atoms with van der Waals surface area (Å²) in [6.07, 6.45) is 1.84. The Morgan fingerprint density at radius 2 is 2.17 bits per heavy atom. The second-order valence-electron chi connectivity index (χ2n) is 6.03. The van der Waals surface area contributed by atoms with E-state index in [1.807, 2.05) is 36.2 Å². The zero-order valence-electron chi connectivity index (χ0n) is 13.5. The fourth-order valence-corrected chi connectivity index (χ4v) is 5.00. The molecule has 0 N–H and O–H groups in total. The van der Waals surface area contributed by atoms with Gasteiger partial charge in [0.15, 0.2) is 5.17 Å². The van der Waals surface area contributed by atoms with Gasteiger partial charge in [0.2, 0.25) is 0 Å². The molecule has 0 aliphatic carbocycles. The van der Waals surface area contributed by atoms with Gasteiger partial charge in [0.1, 0.15) is 11.8 Å². The van der Waals surface area contributed by atoms with Crippen molar-refractivity contribution in [3.63, 3.8) is 0 Å². The number of amidine groups is 1. The Balaban J connectivity index is 1.77. The second-order valence-corrected chi connectivity index (χ2v) is 8.29. The van der Waals surface area contributed by atoms with Crippen LogP contribution in [0, 0.1) is 0 Å². The van der Waals surface area contributed by atoms with Crippen molar-refractivity contribution in [1.82, 2.24) is 9.88 Å². The van der Waals surface area contributed by atoms with Gasteiger partial charge in [-0.3, -0.25) is 9.98 Å². The smallest absolute Gasteiger partial charge is 0.160 e. The second kappa shape index (κ2) is 6.41. The summed E-state index contributed by atoms with van der Waals surface area (Å²) in [5, 5.41) is 1.70. The van der Waals surface area contributed by atoms with Gasteiger partial charge in [0.25, 0.3) is 0 Å². The van der Waals surface area contributed by atoms with E-state index in [2.05, 4.69) is 50.9 Å². The molecule has 24 heavy (non-hydrogen) atoms. The summed E-state index contributed by atoms with van der Waals surface area (Å²) in [5.41, 5.74) is 2.25. The summed E-state index contributed by atoms with van der Waals surface area (Å²) >= 11 is 5.47. The van der Waals surface area contributed by atoms with Gasteiger partial charge in [-0.1, -0.05) is 30.8 Å². The van der Waals surface area contributed by atoms with Crippen LogP contribution in [0.4, 0.5) is 0 Å². The van der Waals surface area contributed by atoms with E-state index in [0.717, 1.165) is 27.6 Å². The van der Waals surface area contributed by atoms with Gasteiger partial charge >= 0.3 is 0 Å². The number of fused-ring (bicyclic) bond motifs is 1. The summed E-state index contributed by atoms with van der Waals surface area (Å²) in [5.74, 6) is 0.844. The summed E-state index contributed by atoms with van der Waals surface area (Å²) in [6.45, 7) is 3.27. The van der Waals surface area contributed by atoms with Crippen LogP contribution in [-0.2, 0) is 0 Å². The number of methoxy groups -OCH3 is 1. The fraction of sp³-hybridized carbons (Fsp3) is 0.333. The van der Waals surface area contributed by atoms with Gasteiger partial charge in [-0.05, 0) is 45.8 Å². The average molecular weight is 404 g/mol. The summed E-state index contributed by atoms with van der Waals surface area (Å²) in [4.78, 5) is 12.0. The van der Waals surface area contributed by atoms with Crippen molar-refractivity contribution in [2.24, 2.45) is 4.99 Å². The molecule has 0 bridgehead atoms. The van der Waals surface area contributed by atoms with Crippen molar-refractivity contribution in [1.29, 1.82) is 0 Å². The van der Waals surface area contributed by atoms with Crippen LogP contribution in [-0.4, -0.2) is 34.0 Å². The summed E-state index contributed by atoms with van der Waals surface area (Å²) in [6, 6.07) is 12.5. The lowest BCUT2D eigenvalue weighted by atomic mass is 9.96. The highest BCUT2D eigenvalue weighted by molar-refractivity contribution is 9.10. The Morgan fingerprint density at radius 1 is 1.29 bits per heavy atom. The van der Waals surface area contributed by atoms with Crippen molar-refractivity contribution in [3.05, 3.63) is 58.3 Å². The molecule has 1 fully saturated rings. The number of ether oxygens (including phenoxy) is 1. The normalized spacial score (nSPS) is 25.5. The molecular weight excluding hydrogens is 386 g/mol. The van der Waals surface area contributed by atoms with Crippen LogP contribution >= 0.6 is 27.7 Å². The lowest BCUT2D eigenvalue weighted by molar-refractivity contribution is 0.320. The average Bonchev–Trinajstić information content (AvgIpc) is 3.11. The van der Waals surface area contributed by atoms with E-state index >= 15 is 0 Å². The minimum atomic E-state index is 0.0292. The minimum absolute atomic E-state index is 0.0292. The number of aliphatic imine (C=N–C) groups is 1. The zero-order chi connectivity index (χ0) is 16.7. The maximum atomic E-state index is 5.37. The standard InChI is InChI=1S/C18H18BrN3OS/c1-11-10-22-17(12-6-7-15(23-2)13(19)9-12)16(21-18(22)24-11)14-5-3-4-8-20-14/h3-9,11,16-17H,10H2,1-2H3/t11-,16-,17+/m0/s1. The maximum absolute atomic E-state index is 5.37. The van der Waals surface area contributed by atoms with Crippen LogP contribution in [0.25, 0.3) is 0 Å². The molecule has 4 nitrogen and oxygen atoms in total. The number of nitrogens with zero attached hydrogens (tertiary/aromatic N) is 3. The molecular formula is C18H18BrN3OS. The first-order valence-corrected chi connectivity index (χ1v) is 9.60. The number of hydrogen-bond acceptors (Lipinski definition) is 5. The number of thioether (sulfide) groups is 1. The van der Waals surface area contributed by atoms with Gasteiger partial charge in [-0.2, -0.15) is 0 Å². The molecule has 1 aromatic carbocycles. The van der Waals surface area contributed by atoms with Gasteiger partial charge in [-0.15, -0.1) is 0 Å². The molecule has 1 saturated heterocycles. The van der Waals surface area contributed by atoms with Gasteiger partial charge in [-0.25, -0.2) is 0 Å². The molecule has 3 atom stereocenters. The molecule has 124 valence electrons. The third-order valence-corrected chi connectivity index (χ3v) is 6.12. The molecule has 6 heteroatoms. The maximum Gasteiger partial charge on any atom is 0.160 e. The quantitative estimate of drug-likeness (QED) is 0.758. The molecule has 0 radical (unpaired) electrons. The number of benzene rings is 1. The van der Waals surface area contributed by atoms with Crippen LogP contribution in [0.15, 0.2) is 52.1 Å². The van der Waals surface area contributed by atoms with Crippen LogP contribution in [0.2, 0.25) is 0 Å². The molecule has 1 aromatic heterocycles. The van der Waals surface area contributed by atoms with E-state index in [1.54, 1.807) is 7.11 Å². The van der Waals surface area contributed by atoms with Gasteiger partial charge < -0.3 is 9.64 Å². The number of pyridine rings is 1. The van der Waals surface area contributed by atoms with Crippen molar-refractivity contribution in [3.8, 4) is 5.75 Å². The van der Waals surface area contributed by atoms with Crippen LogP contribution < -0.4 is 4.74 Å². The van der Waals surface area contributed by atoms with Crippen LogP contribution in [0.5, 0.6) is 5.75 Å². The summed E-state index contributed by atoms with van der Waals surface area (Å²) in [7, 11) is 1.69. The Hall–Kier alpha value is -1.53. The van der Waals surface area contributed by atoms with Crippen molar-refractivity contribution in [2.75, 3.05) is 13.7 Å². The van der Waals surface area contributed by atoms with E-state index in [4.69, 9.17) is 9.73 Å². The van der Waals surface area contributed by atoms with Gasteiger partial charge in [0, 0.05) is 18.0 Å². The lowest BCUT2D eigenvalue weighted by Crippen LogP contribution is -2.28. The molecule has 0 spiro atoms. The number of aromatic nitrogens is 1. The first-order valence-electron chi connectivity index (χ1n) is 7.93. The Morgan fingerprint density at radius 3 is 2.88 bits per heavy atom. The first kappa shape index (κ1) is 16.0. The first-order chi connectivity index (χ1) is 11.7. The Kier molecular flexibility index (Phi) is 4.26. The largest absolute Gasteiger partial charge is 0.496 e. The zero-order valence-corrected chi connectivity index (χ0v) is 15.9. The number of hydrogen-bond donors (Lipinski definition) is 0. The number of rotatable bonds is 3. The Labute approximate surface area is 154 Å². The van der Waals surface area contributed by atoms with E-state index < -0.39 is 0 Å². The van der Waals surface area contributed by atoms with Crippen LogP contribution in [0.3, 0.4) is 0 Å². The van der Waals surface area contributed by atoms with Crippen molar-refractivity contribution in [2.45, 2.75) is 24.3 Å². The third-order valence-electron chi connectivity index (χ3n) is 4.40. The van der Waals surface area contributed by atoms with E-state index in [0.29, 0.717) is 5.25 Å². The third kappa shape index (κ3) is 2.71. The molecule has 2 aliphatic rings. The molecule has 0 unspecified atom stereocenters. The lowest BCUT2D eigenvalue weighted by Gasteiger charge is -2.27. The SMILES string of the molecule is COc1ccc([C@@H]2[C@H](c3ccccn3)N=C3S[C@@H](C)CN32)cc1Br. The molecule has 0 amide bonds. The predicted molar refractivity (Wildman–Crippen MR) is 102 cm³/mol. The highest BCUT2D eigenvalue weighted by Gasteiger charge is 2.43. The van der Waals surface area contributed by atoms with Crippen molar-refractivity contribution >= 4 is 32.9 Å². The van der Waals surface area contributed by atoms with E-state index in [9.17, 15) is 0 Å². The highest BCUT2D eigenvalue weighted by Crippen LogP contribution is 2.48. The predicted octanol–water partition coefficient (Wildman–Crippen LogP) is 4.44. The molecule has 3 heterocycles. The van der Waals surface area contributed by atoms with Gasteiger partial charge in [0.05, 0.1) is 23.3 Å². The molecule has 4 rings (SSSR count).